The molecule has 0 aliphatic heterocycles. The average Bonchev–Trinajstić information content (AvgIpc) is 2.95. The molecule has 3 atom stereocenters. The van der Waals surface area contributed by atoms with Gasteiger partial charge in [0.1, 0.15) is 18.7 Å². The first-order chi connectivity index (χ1) is 18.8. The average molecular weight is 566 g/mol. The van der Waals surface area contributed by atoms with Crippen molar-refractivity contribution < 1.29 is 19.1 Å². The third-order valence-corrected chi connectivity index (χ3v) is 6.37. The number of ether oxygens (including phenoxy) is 1. The summed E-state index contributed by atoms with van der Waals surface area (Å²) in [7, 11) is 0. The van der Waals surface area contributed by atoms with E-state index >= 15 is 0 Å². The van der Waals surface area contributed by atoms with Crippen LogP contribution in [0.4, 0.5) is 0 Å². The molecule has 0 aromatic heterocycles. The van der Waals surface area contributed by atoms with Gasteiger partial charge in [-0.15, -0.1) is 12.4 Å². The number of nitrogens with two attached hydrogens (primary N) is 1. The van der Waals surface area contributed by atoms with Gasteiger partial charge in [0.25, 0.3) is 0 Å². The molecule has 4 N–H and O–H groups in total. The van der Waals surface area contributed by atoms with E-state index in [2.05, 4.69) is 10.6 Å². The number of benzene rings is 3. The van der Waals surface area contributed by atoms with Gasteiger partial charge in [0, 0.05) is 6.42 Å². The maximum absolute atomic E-state index is 13.4. The zero-order chi connectivity index (χ0) is 28.0. The van der Waals surface area contributed by atoms with Gasteiger partial charge in [0.05, 0.1) is 6.04 Å². The van der Waals surface area contributed by atoms with Crippen LogP contribution in [0.15, 0.2) is 91.0 Å². The first kappa shape index (κ1) is 32.5. The number of carbonyl (C=O) groups is 3. The Morgan fingerprint density at radius 3 is 1.77 bits per heavy atom. The molecule has 214 valence electrons. The van der Waals surface area contributed by atoms with Crippen molar-refractivity contribution in [2.45, 2.75) is 64.3 Å². The molecule has 3 aromatic rings. The van der Waals surface area contributed by atoms with Crippen molar-refractivity contribution in [2.24, 2.45) is 11.7 Å². The first-order valence-electron chi connectivity index (χ1n) is 13.5. The van der Waals surface area contributed by atoms with Crippen molar-refractivity contribution in [1.82, 2.24) is 10.6 Å². The Labute approximate surface area is 243 Å². The largest absolute Gasteiger partial charge is 0.459 e. The summed E-state index contributed by atoms with van der Waals surface area (Å²) in [5, 5.41) is 5.66. The third kappa shape index (κ3) is 11.2. The molecule has 0 aliphatic carbocycles. The van der Waals surface area contributed by atoms with Crippen molar-refractivity contribution in [3.63, 3.8) is 0 Å². The Bertz CT molecular complexity index is 1180. The normalized spacial score (nSPS) is 12.9. The maximum atomic E-state index is 13.4. The van der Waals surface area contributed by atoms with E-state index in [1.807, 2.05) is 105 Å². The fraction of sp³-hybridized carbons (Fsp3) is 0.344. The number of aryl methyl sites for hydroxylation is 1. The molecule has 3 rings (SSSR count). The number of amides is 2. The number of halogens is 1. The van der Waals surface area contributed by atoms with Crippen LogP contribution in [0.25, 0.3) is 0 Å². The Morgan fingerprint density at radius 1 is 0.725 bits per heavy atom. The minimum atomic E-state index is -0.915. The lowest BCUT2D eigenvalue weighted by atomic mass is 10.00. The molecular weight excluding hydrogens is 526 g/mol. The minimum absolute atomic E-state index is 0. The molecule has 1 unspecified atom stereocenters. The Balaban J connectivity index is 0.00000560. The van der Waals surface area contributed by atoms with E-state index < -0.39 is 35.9 Å². The number of esters is 1. The standard InChI is InChI=1S/C32H39N3O4.ClH/c1-23(2)20-28(34-30(36)27(33)19-18-24-12-6-3-7-13-24)31(37)35-29(21-25-14-8-4-9-15-25)32(38)39-22-26-16-10-5-11-17-26;/h3-17,23,27-29H,18-22,33H2,1-2H3,(H,34,36)(H,35,37);1H/t27?,28-,29-;/m0./s1. The van der Waals surface area contributed by atoms with E-state index in [0.29, 0.717) is 19.3 Å². The van der Waals surface area contributed by atoms with Crippen molar-refractivity contribution in [3.8, 4) is 0 Å². The summed E-state index contributed by atoms with van der Waals surface area (Å²) in [5.41, 5.74) is 9.00. The topological polar surface area (TPSA) is 111 Å². The molecule has 0 saturated heterocycles. The molecule has 0 spiro atoms. The number of hydrogen-bond donors (Lipinski definition) is 3. The summed E-state index contributed by atoms with van der Waals surface area (Å²) >= 11 is 0. The van der Waals surface area contributed by atoms with Crippen molar-refractivity contribution >= 4 is 30.2 Å². The van der Waals surface area contributed by atoms with Crippen LogP contribution in [-0.4, -0.2) is 35.9 Å². The van der Waals surface area contributed by atoms with Crippen molar-refractivity contribution in [2.75, 3.05) is 0 Å². The zero-order valence-electron chi connectivity index (χ0n) is 23.1. The monoisotopic (exact) mass is 565 g/mol. The van der Waals surface area contributed by atoms with Crippen LogP contribution in [0, 0.1) is 5.92 Å². The van der Waals surface area contributed by atoms with E-state index in [1.165, 1.54) is 0 Å². The van der Waals surface area contributed by atoms with Gasteiger partial charge in [-0.3, -0.25) is 9.59 Å². The van der Waals surface area contributed by atoms with Crippen molar-refractivity contribution in [1.29, 1.82) is 0 Å². The van der Waals surface area contributed by atoms with Gasteiger partial charge in [0.2, 0.25) is 11.8 Å². The van der Waals surface area contributed by atoms with Gasteiger partial charge < -0.3 is 21.1 Å². The van der Waals surface area contributed by atoms with Crippen molar-refractivity contribution in [3.05, 3.63) is 108 Å². The Hall–Kier alpha value is -3.68. The second-order valence-corrected chi connectivity index (χ2v) is 10.2. The van der Waals surface area contributed by atoms with E-state index in [0.717, 1.165) is 16.7 Å². The third-order valence-electron chi connectivity index (χ3n) is 6.37. The first-order valence-corrected chi connectivity index (χ1v) is 13.5. The molecular formula is C32H40ClN3O4. The van der Waals surface area contributed by atoms with E-state index in [9.17, 15) is 14.4 Å². The van der Waals surface area contributed by atoms with Gasteiger partial charge in [-0.1, -0.05) is 105 Å². The molecule has 0 fully saturated rings. The summed E-state index contributed by atoms with van der Waals surface area (Å²) < 4.78 is 5.56. The second kappa shape index (κ2) is 17.1. The van der Waals surface area contributed by atoms with Gasteiger partial charge in [-0.05, 0) is 41.9 Å². The van der Waals surface area contributed by atoms with Crippen LogP contribution in [-0.2, 0) is 38.6 Å². The fourth-order valence-corrected chi connectivity index (χ4v) is 4.22. The predicted octanol–water partition coefficient (Wildman–Crippen LogP) is 4.37. The van der Waals surface area contributed by atoms with Crippen LogP contribution in [0.2, 0.25) is 0 Å². The maximum Gasteiger partial charge on any atom is 0.329 e. The van der Waals surface area contributed by atoms with E-state index in [4.69, 9.17) is 10.5 Å². The molecule has 0 aliphatic rings. The molecule has 0 saturated carbocycles. The highest BCUT2D eigenvalue weighted by Crippen LogP contribution is 2.11. The number of hydrogen-bond acceptors (Lipinski definition) is 5. The van der Waals surface area contributed by atoms with Gasteiger partial charge in [-0.25, -0.2) is 4.79 Å². The van der Waals surface area contributed by atoms with Crippen LogP contribution in [0.1, 0.15) is 43.4 Å². The van der Waals surface area contributed by atoms with E-state index in [-0.39, 0.29) is 31.4 Å². The smallest absolute Gasteiger partial charge is 0.329 e. The van der Waals surface area contributed by atoms with Crippen LogP contribution >= 0.6 is 12.4 Å². The predicted molar refractivity (Wildman–Crippen MR) is 160 cm³/mol. The summed E-state index contributed by atoms with van der Waals surface area (Å²) in [6.45, 7) is 4.04. The van der Waals surface area contributed by atoms with Gasteiger partial charge in [0.15, 0.2) is 0 Å². The highest BCUT2D eigenvalue weighted by Gasteiger charge is 2.29. The van der Waals surface area contributed by atoms with Gasteiger partial charge >= 0.3 is 5.97 Å². The molecule has 0 radical (unpaired) electrons. The molecule has 3 aromatic carbocycles. The van der Waals surface area contributed by atoms with E-state index in [1.54, 1.807) is 0 Å². The number of rotatable bonds is 14. The molecule has 0 bridgehead atoms. The Morgan fingerprint density at radius 2 is 1.23 bits per heavy atom. The zero-order valence-corrected chi connectivity index (χ0v) is 23.9. The molecule has 7 nitrogen and oxygen atoms in total. The van der Waals surface area contributed by atoms with Crippen LogP contribution in [0.3, 0.4) is 0 Å². The Kier molecular flexibility index (Phi) is 13.9. The lowest BCUT2D eigenvalue weighted by Crippen LogP contribution is -2.55. The number of carbonyl (C=O) groups excluding carboxylic acids is 3. The molecule has 0 heterocycles. The fourth-order valence-electron chi connectivity index (χ4n) is 4.22. The summed E-state index contributed by atoms with van der Waals surface area (Å²) in [6, 6.07) is 26.1. The molecule has 8 heteroatoms. The van der Waals surface area contributed by atoms with Gasteiger partial charge in [-0.2, -0.15) is 0 Å². The summed E-state index contributed by atoms with van der Waals surface area (Å²) in [4.78, 5) is 39.5. The molecule has 40 heavy (non-hydrogen) atoms. The SMILES string of the molecule is CC(C)C[C@H](NC(=O)C(N)CCc1ccccc1)C(=O)N[C@@H](Cc1ccccc1)C(=O)OCc1ccccc1.Cl. The lowest BCUT2D eigenvalue weighted by Gasteiger charge is -2.25. The second-order valence-electron chi connectivity index (χ2n) is 10.2. The highest BCUT2D eigenvalue weighted by molar-refractivity contribution is 5.92. The van der Waals surface area contributed by atoms with Crippen LogP contribution in [0.5, 0.6) is 0 Å². The van der Waals surface area contributed by atoms with Crippen LogP contribution < -0.4 is 16.4 Å². The summed E-state index contributed by atoms with van der Waals surface area (Å²) in [6.07, 6.45) is 1.77. The molecule has 2 amide bonds. The highest BCUT2D eigenvalue weighted by atomic mass is 35.5. The minimum Gasteiger partial charge on any atom is -0.459 e. The quantitative estimate of drug-likeness (QED) is 0.251. The summed E-state index contributed by atoms with van der Waals surface area (Å²) in [5.74, 6) is -1.24. The lowest BCUT2D eigenvalue weighted by molar-refractivity contribution is -0.149. The number of nitrogens with one attached hydrogen (secondary N) is 2.